The Morgan fingerprint density at radius 2 is 1.43 bits per heavy atom. The van der Waals surface area contributed by atoms with Crippen LogP contribution in [0, 0.1) is 0 Å². The lowest BCUT2D eigenvalue weighted by Crippen LogP contribution is -2.41. The monoisotopic (exact) mass is 397 g/mol. The molecular formula is C24H24BN3O2. The Kier molecular flexibility index (Phi) is 4.31. The Morgan fingerprint density at radius 1 is 0.767 bits per heavy atom. The van der Waals surface area contributed by atoms with Gasteiger partial charge in [-0.3, -0.25) is 0 Å². The van der Waals surface area contributed by atoms with E-state index >= 15 is 0 Å². The summed E-state index contributed by atoms with van der Waals surface area (Å²) in [5, 5.41) is 4.65. The predicted molar refractivity (Wildman–Crippen MR) is 120 cm³/mol. The second-order valence-corrected chi connectivity index (χ2v) is 8.70. The average molecular weight is 397 g/mol. The van der Waals surface area contributed by atoms with Gasteiger partial charge in [-0.2, -0.15) is 0 Å². The first-order chi connectivity index (χ1) is 14.3. The van der Waals surface area contributed by atoms with Crippen molar-refractivity contribution in [1.82, 2.24) is 14.6 Å². The van der Waals surface area contributed by atoms with Crippen molar-refractivity contribution in [2.24, 2.45) is 0 Å². The molecule has 0 aliphatic carbocycles. The first-order valence-corrected chi connectivity index (χ1v) is 10.2. The van der Waals surface area contributed by atoms with Crippen LogP contribution in [0.3, 0.4) is 0 Å². The molecule has 0 spiro atoms. The molecule has 0 atom stereocenters. The number of benzene rings is 2. The molecule has 0 unspecified atom stereocenters. The van der Waals surface area contributed by atoms with Gasteiger partial charge in [0.05, 0.1) is 11.2 Å². The van der Waals surface area contributed by atoms with Crippen LogP contribution in [0.2, 0.25) is 0 Å². The molecule has 1 fully saturated rings. The molecule has 0 N–H and O–H groups in total. The summed E-state index contributed by atoms with van der Waals surface area (Å²) in [5.41, 5.74) is 4.26. The first kappa shape index (κ1) is 19.0. The van der Waals surface area contributed by atoms with Gasteiger partial charge in [-0.05, 0) is 50.9 Å². The Morgan fingerprint density at radius 3 is 2.10 bits per heavy atom. The van der Waals surface area contributed by atoms with E-state index in [1.807, 2.05) is 47.1 Å². The fourth-order valence-corrected chi connectivity index (χ4v) is 3.64. The molecule has 2 aromatic carbocycles. The molecule has 1 aliphatic heterocycles. The van der Waals surface area contributed by atoms with Crippen molar-refractivity contribution < 1.29 is 9.31 Å². The van der Waals surface area contributed by atoms with Crippen molar-refractivity contribution in [3.8, 4) is 22.5 Å². The van der Waals surface area contributed by atoms with Crippen LogP contribution in [0.4, 0.5) is 0 Å². The zero-order chi connectivity index (χ0) is 20.9. The first-order valence-electron chi connectivity index (χ1n) is 10.2. The second-order valence-electron chi connectivity index (χ2n) is 8.70. The van der Waals surface area contributed by atoms with E-state index < -0.39 is 0 Å². The topological polar surface area (TPSA) is 48.7 Å². The van der Waals surface area contributed by atoms with Gasteiger partial charge in [0.2, 0.25) is 0 Å². The Hall–Kier alpha value is -2.96. The minimum absolute atomic E-state index is 0.350. The largest absolute Gasteiger partial charge is 0.494 e. The summed E-state index contributed by atoms with van der Waals surface area (Å²) in [6, 6.07) is 22.4. The summed E-state index contributed by atoms with van der Waals surface area (Å²) in [6.45, 7) is 8.27. The summed E-state index contributed by atoms with van der Waals surface area (Å²) in [7, 11) is -0.363. The average Bonchev–Trinajstić information content (AvgIpc) is 3.26. The number of nitrogens with zero attached hydrogens (tertiary/aromatic N) is 3. The Balaban J connectivity index is 1.49. The van der Waals surface area contributed by atoms with E-state index in [1.54, 1.807) is 0 Å². The van der Waals surface area contributed by atoms with Gasteiger partial charge in [0, 0.05) is 17.3 Å². The molecule has 0 saturated carbocycles. The van der Waals surface area contributed by atoms with Gasteiger partial charge >= 0.3 is 7.12 Å². The minimum Gasteiger partial charge on any atom is -0.399 e. The molecule has 30 heavy (non-hydrogen) atoms. The number of aromatic nitrogens is 3. The predicted octanol–water partition coefficient (Wildman–Crippen LogP) is 4.36. The Bertz CT molecular complexity index is 1180. The zero-order valence-corrected chi connectivity index (χ0v) is 17.7. The summed E-state index contributed by atoms with van der Waals surface area (Å²) < 4.78 is 14.2. The van der Waals surface area contributed by atoms with Crippen LogP contribution < -0.4 is 5.46 Å². The smallest absolute Gasteiger partial charge is 0.399 e. The second kappa shape index (κ2) is 6.79. The molecule has 5 rings (SSSR count). The maximum absolute atomic E-state index is 6.17. The fraction of sp³-hybridized carbons (Fsp3) is 0.250. The highest BCUT2D eigenvalue weighted by Crippen LogP contribution is 2.36. The lowest BCUT2D eigenvalue weighted by atomic mass is 9.78. The summed E-state index contributed by atoms with van der Waals surface area (Å²) in [6.07, 6.45) is 1.93. The van der Waals surface area contributed by atoms with Crippen LogP contribution in [0.5, 0.6) is 0 Å². The number of hydrogen-bond donors (Lipinski definition) is 0. The highest BCUT2D eigenvalue weighted by atomic mass is 16.7. The molecule has 4 aromatic rings. The van der Waals surface area contributed by atoms with Crippen LogP contribution in [-0.4, -0.2) is 32.9 Å². The molecule has 6 heteroatoms. The van der Waals surface area contributed by atoms with Crippen molar-refractivity contribution in [2.45, 2.75) is 38.9 Å². The van der Waals surface area contributed by atoms with E-state index in [4.69, 9.17) is 14.3 Å². The van der Waals surface area contributed by atoms with Crippen LogP contribution in [0.25, 0.3) is 28.2 Å². The van der Waals surface area contributed by atoms with Gasteiger partial charge in [-0.25, -0.2) is 9.50 Å². The zero-order valence-electron chi connectivity index (χ0n) is 17.7. The van der Waals surface area contributed by atoms with Gasteiger partial charge in [0.25, 0.3) is 0 Å². The van der Waals surface area contributed by atoms with Crippen LogP contribution >= 0.6 is 0 Å². The van der Waals surface area contributed by atoms with E-state index in [2.05, 4.69) is 63.1 Å². The molecule has 0 bridgehead atoms. The van der Waals surface area contributed by atoms with Crippen LogP contribution in [0.15, 0.2) is 72.9 Å². The lowest BCUT2D eigenvalue weighted by Gasteiger charge is -2.32. The van der Waals surface area contributed by atoms with E-state index in [0.29, 0.717) is 0 Å². The molecule has 0 radical (unpaired) electrons. The molecule has 3 heterocycles. The van der Waals surface area contributed by atoms with E-state index in [0.717, 1.165) is 33.6 Å². The number of rotatable bonds is 3. The van der Waals surface area contributed by atoms with Crippen molar-refractivity contribution in [3.63, 3.8) is 0 Å². The third kappa shape index (κ3) is 3.13. The normalized spacial score (nSPS) is 17.5. The minimum atomic E-state index is -0.363. The molecule has 1 saturated heterocycles. The standard InChI is InChI=1S/C24H24BN3O2/c1-23(2)24(3,4)30-25(29-23)19-14-12-17(13-15-19)20-11-8-16-28-22(20)26-21(27-28)18-9-6-5-7-10-18/h5-16H,1-4H3. The molecule has 0 amide bonds. The maximum Gasteiger partial charge on any atom is 0.494 e. The summed E-state index contributed by atoms with van der Waals surface area (Å²) >= 11 is 0. The van der Waals surface area contributed by atoms with Gasteiger partial charge in [-0.15, -0.1) is 5.10 Å². The van der Waals surface area contributed by atoms with Crippen molar-refractivity contribution >= 4 is 18.2 Å². The summed E-state index contributed by atoms with van der Waals surface area (Å²) in [4.78, 5) is 4.80. The van der Waals surface area contributed by atoms with Crippen molar-refractivity contribution in [3.05, 3.63) is 72.9 Å². The molecule has 1 aliphatic rings. The molecular weight excluding hydrogens is 373 g/mol. The van der Waals surface area contributed by atoms with Crippen LogP contribution in [0.1, 0.15) is 27.7 Å². The van der Waals surface area contributed by atoms with E-state index in [1.165, 1.54) is 0 Å². The third-order valence-electron chi connectivity index (χ3n) is 6.14. The number of fused-ring (bicyclic) bond motifs is 1. The van der Waals surface area contributed by atoms with Crippen molar-refractivity contribution in [1.29, 1.82) is 0 Å². The van der Waals surface area contributed by atoms with E-state index in [-0.39, 0.29) is 18.3 Å². The van der Waals surface area contributed by atoms with E-state index in [9.17, 15) is 0 Å². The highest BCUT2D eigenvalue weighted by Gasteiger charge is 2.51. The Labute approximate surface area is 176 Å². The lowest BCUT2D eigenvalue weighted by molar-refractivity contribution is 0.00578. The van der Waals surface area contributed by atoms with Crippen LogP contribution in [-0.2, 0) is 9.31 Å². The molecule has 2 aromatic heterocycles. The molecule has 5 nitrogen and oxygen atoms in total. The maximum atomic E-state index is 6.17. The number of hydrogen-bond acceptors (Lipinski definition) is 4. The van der Waals surface area contributed by atoms with Gasteiger partial charge in [0.15, 0.2) is 11.5 Å². The third-order valence-corrected chi connectivity index (χ3v) is 6.14. The SMILES string of the molecule is CC1(C)OB(c2ccc(-c3cccn4nc(-c5ccccc5)nc34)cc2)OC1(C)C. The quantitative estimate of drug-likeness (QED) is 0.482. The van der Waals surface area contributed by atoms with Gasteiger partial charge in [0.1, 0.15) is 0 Å². The summed E-state index contributed by atoms with van der Waals surface area (Å²) in [5.74, 6) is 0.719. The van der Waals surface area contributed by atoms with Gasteiger partial charge in [-0.1, -0.05) is 54.6 Å². The fourth-order valence-electron chi connectivity index (χ4n) is 3.64. The highest BCUT2D eigenvalue weighted by molar-refractivity contribution is 6.62. The molecule has 150 valence electrons. The van der Waals surface area contributed by atoms with Gasteiger partial charge < -0.3 is 9.31 Å². The van der Waals surface area contributed by atoms with Crippen molar-refractivity contribution in [2.75, 3.05) is 0 Å². The number of pyridine rings is 1.